The number of hydrogen-bond donors (Lipinski definition) is 1. The Morgan fingerprint density at radius 2 is 2.00 bits per heavy atom. The number of carbonyl (C=O) groups is 2. The number of ether oxygens (including phenoxy) is 1. The number of methoxy groups -OCH3 is 1. The van der Waals surface area contributed by atoms with Gasteiger partial charge in [-0.05, 0) is 37.6 Å². The Hall–Kier alpha value is -2.24. The third kappa shape index (κ3) is 2.20. The van der Waals surface area contributed by atoms with Crippen molar-refractivity contribution in [3.63, 3.8) is 0 Å². The fraction of sp³-hybridized carbons (Fsp3) is 0.467. The summed E-state index contributed by atoms with van der Waals surface area (Å²) in [6.07, 6.45) is 1.21. The highest BCUT2D eigenvalue weighted by Gasteiger charge is 2.51. The van der Waals surface area contributed by atoms with Crippen LogP contribution in [0.5, 0.6) is 5.75 Å². The van der Waals surface area contributed by atoms with Crippen LogP contribution in [0, 0.1) is 0 Å². The minimum Gasteiger partial charge on any atom is -0.497 e. The number of nitrogens with one attached hydrogen (secondary N) is 1. The molecular formula is C15H19N3O3. The summed E-state index contributed by atoms with van der Waals surface area (Å²) in [6.45, 7) is 3.15. The van der Waals surface area contributed by atoms with Gasteiger partial charge in [-0.25, -0.2) is 4.79 Å². The molecule has 2 aliphatic heterocycles. The predicted octanol–water partition coefficient (Wildman–Crippen LogP) is 1.88. The Morgan fingerprint density at radius 1 is 1.29 bits per heavy atom. The second-order valence-corrected chi connectivity index (χ2v) is 5.57. The van der Waals surface area contributed by atoms with Crippen LogP contribution in [0.4, 0.5) is 10.5 Å². The maximum atomic E-state index is 12.5. The molecule has 1 unspecified atom stereocenters. The topological polar surface area (TPSA) is 61.9 Å². The zero-order valence-electron chi connectivity index (χ0n) is 12.3. The van der Waals surface area contributed by atoms with Crippen LogP contribution in [-0.2, 0) is 4.79 Å². The fourth-order valence-corrected chi connectivity index (χ4v) is 3.16. The molecule has 1 atom stereocenters. The zero-order valence-corrected chi connectivity index (χ0v) is 12.3. The third-order valence-electron chi connectivity index (χ3n) is 4.41. The first-order valence-electron chi connectivity index (χ1n) is 7.08. The minimum atomic E-state index is -0.479. The van der Waals surface area contributed by atoms with Crippen molar-refractivity contribution in [2.24, 2.45) is 0 Å². The second-order valence-electron chi connectivity index (χ2n) is 5.57. The molecule has 0 saturated carbocycles. The number of carbonyl (C=O) groups excluding carboxylic acids is 2. The molecule has 1 aromatic rings. The molecule has 0 aromatic heterocycles. The number of urea groups is 1. The maximum absolute atomic E-state index is 12.5. The largest absolute Gasteiger partial charge is 0.497 e. The smallest absolute Gasteiger partial charge is 0.323 e. The van der Waals surface area contributed by atoms with Crippen LogP contribution in [0.25, 0.3) is 0 Å². The van der Waals surface area contributed by atoms with Gasteiger partial charge in [-0.15, -0.1) is 0 Å². The number of anilines is 1. The molecule has 6 heteroatoms. The third-order valence-corrected chi connectivity index (χ3v) is 4.41. The average molecular weight is 289 g/mol. The molecule has 0 spiro atoms. The fourth-order valence-electron chi connectivity index (χ4n) is 3.16. The van der Waals surface area contributed by atoms with Crippen LogP contribution >= 0.6 is 0 Å². The number of benzene rings is 1. The van der Waals surface area contributed by atoms with Crippen molar-refractivity contribution >= 4 is 17.6 Å². The van der Waals surface area contributed by atoms with E-state index in [0.717, 1.165) is 5.75 Å². The van der Waals surface area contributed by atoms with Gasteiger partial charge in [-0.2, -0.15) is 0 Å². The molecule has 2 aliphatic rings. The van der Waals surface area contributed by atoms with E-state index in [0.29, 0.717) is 31.6 Å². The van der Waals surface area contributed by atoms with E-state index >= 15 is 0 Å². The molecule has 1 aromatic carbocycles. The molecule has 3 amide bonds. The van der Waals surface area contributed by atoms with Crippen LogP contribution in [0.2, 0.25) is 0 Å². The van der Waals surface area contributed by atoms with E-state index in [4.69, 9.17) is 4.74 Å². The van der Waals surface area contributed by atoms with Gasteiger partial charge >= 0.3 is 6.03 Å². The van der Waals surface area contributed by atoms with Crippen molar-refractivity contribution in [3.05, 3.63) is 24.3 Å². The highest BCUT2D eigenvalue weighted by atomic mass is 16.5. The Labute approximate surface area is 123 Å². The Kier molecular flexibility index (Phi) is 3.23. The molecule has 0 aliphatic carbocycles. The van der Waals surface area contributed by atoms with Gasteiger partial charge in [0.25, 0.3) is 0 Å². The summed E-state index contributed by atoms with van der Waals surface area (Å²) in [5.74, 6) is 0.881. The molecule has 0 radical (unpaired) electrons. The van der Waals surface area contributed by atoms with Gasteiger partial charge in [0.2, 0.25) is 5.91 Å². The number of rotatable bonds is 2. The Balaban J connectivity index is 1.72. The van der Waals surface area contributed by atoms with Crippen molar-refractivity contribution in [2.45, 2.75) is 25.4 Å². The molecule has 2 heterocycles. The molecule has 6 nitrogen and oxygen atoms in total. The maximum Gasteiger partial charge on any atom is 0.323 e. The minimum absolute atomic E-state index is 0.136. The standard InChI is InChI=1S/C15H19N3O3/c1-15-8-7-13(19)17(15)9-10-18(15)14(20)16-11-3-5-12(21-2)6-4-11/h3-6H,7-10H2,1-2H3,(H,16,20). The van der Waals surface area contributed by atoms with Gasteiger partial charge in [0.1, 0.15) is 11.4 Å². The normalized spacial score (nSPS) is 24.2. The summed E-state index contributed by atoms with van der Waals surface area (Å²) in [5, 5.41) is 2.88. The number of hydrogen-bond acceptors (Lipinski definition) is 3. The quantitative estimate of drug-likeness (QED) is 0.904. The lowest BCUT2D eigenvalue weighted by molar-refractivity contribution is -0.130. The van der Waals surface area contributed by atoms with Gasteiger partial charge in [0.05, 0.1) is 7.11 Å². The van der Waals surface area contributed by atoms with Crippen molar-refractivity contribution in [3.8, 4) is 5.75 Å². The van der Waals surface area contributed by atoms with E-state index in [1.54, 1.807) is 41.2 Å². The van der Waals surface area contributed by atoms with E-state index in [2.05, 4.69) is 5.32 Å². The molecule has 3 rings (SSSR count). The molecule has 2 fully saturated rings. The van der Waals surface area contributed by atoms with Crippen LogP contribution in [0.1, 0.15) is 19.8 Å². The summed E-state index contributed by atoms with van der Waals surface area (Å²) in [6, 6.07) is 7.03. The summed E-state index contributed by atoms with van der Waals surface area (Å²) in [4.78, 5) is 27.8. The summed E-state index contributed by atoms with van der Waals surface area (Å²) in [7, 11) is 1.60. The predicted molar refractivity (Wildman–Crippen MR) is 78.1 cm³/mol. The first kappa shape index (κ1) is 13.7. The lowest BCUT2D eigenvalue weighted by Crippen LogP contribution is -2.51. The first-order valence-corrected chi connectivity index (χ1v) is 7.08. The second kappa shape index (κ2) is 4.95. The first-order chi connectivity index (χ1) is 10.0. The van der Waals surface area contributed by atoms with Gasteiger partial charge in [-0.1, -0.05) is 0 Å². The van der Waals surface area contributed by atoms with Crippen LogP contribution < -0.4 is 10.1 Å². The van der Waals surface area contributed by atoms with Crippen LogP contribution in [0.3, 0.4) is 0 Å². The zero-order chi connectivity index (χ0) is 15.0. The van der Waals surface area contributed by atoms with Crippen LogP contribution in [-0.4, -0.2) is 47.6 Å². The molecular weight excluding hydrogens is 270 g/mol. The molecule has 21 heavy (non-hydrogen) atoms. The van der Waals surface area contributed by atoms with Gasteiger partial charge < -0.3 is 15.0 Å². The molecule has 1 N–H and O–H groups in total. The lowest BCUT2D eigenvalue weighted by atomic mass is 10.1. The molecule has 0 bridgehead atoms. The van der Waals surface area contributed by atoms with Gasteiger partial charge in [0, 0.05) is 25.2 Å². The van der Waals surface area contributed by atoms with Crippen molar-refractivity contribution in [2.75, 3.05) is 25.5 Å². The van der Waals surface area contributed by atoms with E-state index in [1.807, 2.05) is 6.92 Å². The summed E-state index contributed by atoms with van der Waals surface area (Å²) in [5.41, 5.74) is 0.236. The van der Waals surface area contributed by atoms with Crippen molar-refractivity contribution in [1.82, 2.24) is 9.80 Å². The molecule has 112 valence electrons. The average Bonchev–Trinajstić information content (AvgIpc) is 2.96. The lowest BCUT2D eigenvalue weighted by Gasteiger charge is -2.35. The monoisotopic (exact) mass is 289 g/mol. The van der Waals surface area contributed by atoms with Crippen LogP contribution in [0.15, 0.2) is 24.3 Å². The number of fused-ring (bicyclic) bond motifs is 1. The van der Waals surface area contributed by atoms with Gasteiger partial charge in [0.15, 0.2) is 0 Å². The molecule has 2 saturated heterocycles. The summed E-state index contributed by atoms with van der Waals surface area (Å²) >= 11 is 0. The highest BCUT2D eigenvalue weighted by Crippen LogP contribution is 2.37. The van der Waals surface area contributed by atoms with Gasteiger partial charge in [-0.3, -0.25) is 9.69 Å². The Morgan fingerprint density at radius 3 is 2.67 bits per heavy atom. The van der Waals surface area contributed by atoms with Crippen molar-refractivity contribution < 1.29 is 14.3 Å². The van der Waals surface area contributed by atoms with E-state index < -0.39 is 5.66 Å². The number of amides is 3. The van der Waals surface area contributed by atoms with Crippen molar-refractivity contribution in [1.29, 1.82) is 0 Å². The SMILES string of the molecule is COc1ccc(NC(=O)N2CCN3C(=O)CCC32C)cc1. The van der Waals surface area contributed by atoms with E-state index in [-0.39, 0.29) is 11.9 Å². The van der Waals surface area contributed by atoms with E-state index in [1.165, 1.54) is 0 Å². The highest BCUT2D eigenvalue weighted by molar-refractivity contribution is 5.91. The Bertz CT molecular complexity index is 572. The summed E-state index contributed by atoms with van der Waals surface area (Å²) < 4.78 is 5.09. The van der Waals surface area contributed by atoms with E-state index in [9.17, 15) is 9.59 Å². The number of nitrogens with zero attached hydrogens (tertiary/aromatic N) is 2.